The number of aromatic nitrogens is 1. The maximum Gasteiger partial charge on any atom is 0.268 e. The Balaban J connectivity index is 2.32. The fourth-order valence-corrected chi connectivity index (χ4v) is 3.05. The van der Waals surface area contributed by atoms with Gasteiger partial charge in [-0.1, -0.05) is 6.08 Å². The fraction of sp³-hybridized carbons (Fsp3) is 0.562. The van der Waals surface area contributed by atoms with Crippen LogP contribution in [0, 0.1) is 6.92 Å². The SMILES string of the molecule is C=CCn1c2c(c(C)c1C(=O)NCCOC)CCCC2. The van der Waals surface area contributed by atoms with Crippen LogP contribution in [0.4, 0.5) is 0 Å². The van der Waals surface area contributed by atoms with Gasteiger partial charge in [-0.3, -0.25) is 4.79 Å². The van der Waals surface area contributed by atoms with E-state index in [0.717, 1.165) is 24.1 Å². The molecule has 1 aliphatic rings. The molecule has 4 heteroatoms. The van der Waals surface area contributed by atoms with Crippen molar-refractivity contribution in [3.05, 3.63) is 35.2 Å². The zero-order valence-electron chi connectivity index (χ0n) is 12.5. The molecule has 2 rings (SSSR count). The minimum atomic E-state index is -0.00389. The highest BCUT2D eigenvalue weighted by Gasteiger charge is 2.25. The van der Waals surface area contributed by atoms with Gasteiger partial charge in [0.05, 0.1) is 6.61 Å². The van der Waals surface area contributed by atoms with E-state index in [1.54, 1.807) is 7.11 Å². The van der Waals surface area contributed by atoms with Crippen molar-refractivity contribution >= 4 is 5.91 Å². The van der Waals surface area contributed by atoms with E-state index in [2.05, 4.69) is 23.4 Å². The lowest BCUT2D eigenvalue weighted by Crippen LogP contribution is -2.29. The quantitative estimate of drug-likeness (QED) is 0.639. The van der Waals surface area contributed by atoms with Gasteiger partial charge in [0.1, 0.15) is 5.69 Å². The van der Waals surface area contributed by atoms with Crippen molar-refractivity contribution in [2.24, 2.45) is 0 Å². The molecule has 0 atom stereocenters. The van der Waals surface area contributed by atoms with Crippen LogP contribution >= 0.6 is 0 Å². The summed E-state index contributed by atoms with van der Waals surface area (Å²) in [6.07, 6.45) is 6.44. The van der Waals surface area contributed by atoms with Gasteiger partial charge in [0.15, 0.2) is 0 Å². The molecule has 110 valence electrons. The lowest BCUT2D eigenvalue weighted by molar-refractivity contribution is 0.0927. The van der Waals surface area contributed by atoms with Gasteiger partial charge in [-0.25, -0.2) is 0 Å². The molecule has 0 aromatic carbocycles. The molecule has 1 aromatic rings. The molecule has 0 unspecified atom stereocenters. The Bertz CT molecular complexity index is 503. The summed E-state index contributed by atoms with van der Waals surface area (Å²) in [5.41, 5.74) is 4.63. The first kappa shape index (κ1) is 14.9. The summed E-state index contributed by atoms with van der Waals surface area (Å²) in [5.74, 6) is -0.00389. The van der Waals surface area contributed by atoms with E-state index in [-0.39, 0.29) is 5.91 Å². The van der Waals surface area contributed by atoms with E-state index >= 15 is 0 Å². The number of carbonyl (C=O) groups excluding carboxylic acids is 1. The van der Waals surface area contributed by atoms with E-state index in [9.17, 15) is 4.79 Å². The van der Waals surface area contributed by atoms with Gasteiger partial charge >= 0.3 is 0 Å². The summed E-state index contributed by atoms with van der Waals surface area (Å²) in [7, 11) is 1.64. The summed E-state index contributed by atoms with van der Waals surface area (Å²) in [6, 6.07) is 0. The van der Waals surface area contributed by atoms with Crippen molar-refractivity contribution in [3.8, 4) is 0 Å². The predicted octanol–water partition coefficient (Wildman–Crippen LogP) is 2.24. The summed E-state index contributed by atoms with van der Waals surface area (Å²) >= 11 is 0. The molecule has 20 heavy (non-hydrogen) atoms. The molecule has 1 heterocycles. The van der Waals surface area contributed by atoms with Crippen LogP contribution in [0.25, 0.3) is 0 Å². The largest absolute Gasteiger partial charge is 0.383 e. The molecule has 0 saturated heterocycles. The van der Waals surface area contributed by atoms with Crippen molar-refractivity contribution in [3.63, 3.8) is 0 Å². The van der Waals surface area contributed by atoms with E-state index in [0.29, 0.717) is 19.7 Å². The van der Waals surface area contributed by atoms with Crippen LogP contribution in [0.5, 0.6) is 0 Å². The average Bonchev–Trinajstić information content (AvgIpc) is 2.73. The van der Waals surface area contributed by atoms with Crippen LogP contribution in [0.3, 0.4) is 0 Å². The highest BCUT2D eigenvalue weighted by molar-refractivity contribution is 5.95. The molecule has 0 saturated carbocycles. The third-order valence-electron chi connectivity index (χ3n) is 3.96. The second-order valence-electron chi connectivity index (χ2n) is 5.25. The third kappa shape index (κ3) is 2.80. The molecule has 0 bridgehead atoms. The molecule has 4 nitrogen and oxygen atoms in total. The smallest absolute Gasteiger partial charge is 0.268 e. The van der Waals surface area contributed by atoms with Crippen LogP contribution in [0.15, 0.2) is 12.7 Å². The molecule has 0 aliphatic heterocycles. The number of fused-ring (bicyclic) bond motifs is 1. The summed E-state index contributed by atoms with van der Waals surface area (Å²) < 4.78 is 7.12. The Kier molecular flexibility index (Phi) is 5.01. The van der Waals surface area contributed by atoms with Crippen molar-refractivity contribution in [1.82, 2.24) is 9.88 Å². The van der Waals surface area contributed by atoms with Crippen molar-refractivity contribution in [1.29, 1.82) is 0 Å². The fourth-order valence-electron chi connectivity index (χ4n) is 3.05. The summed E-state index contributed by atoms with van der Waals surface area (Å²) in [5, 5.41) is 2.93. The lowest BCUT2D eigenvalue weighted by atomic mass is 9.95. The number of hydrogen-bond donors (Lipinski definition) is 1. The lowest BCUT2D eigenvalue weighted by Gasteiger charge is -2.15. The molecule has 1 aromatic heterocycles. The van der Waals surface area contributed by atoms with E-state index in [1.807, 2.05) is 6.08 Å². The Morgan fingerprint density at radius 3 is 2.90 bits per heavy atom. The van der Waals surface area contributed by atoms with Gasteiger partial charge in [-0.05, 0) is 43.7 Å². The zero-order valence-corrected chi connectivity index (χ0v) is 12.5. The second-order valence-corrected chi connectivity index (χ2v) is 5.25. The maximum atomic E-state index is 12.4. The van der Waals surface area contributed by atoms with Gasteiger partial charge in [0, 0.05) is 25.9 Å². The number of allylic oxidation sites excluding steroid dienone is 1. The monoisotopic (exact) mass is 276 g/mol. The highest BCUT2D eigenvalue weighted by Crippen LogP contribution is 2.29. The Labute approximate surface area is 120 Å². The minimum absolute atomic E-state index is 0.00389. The van der Waals surface area contributed by atoms with Crippen molar-refractivity contribution in [2.75, 3.05) is 20.3 Å². The van der Waals surface area contributed by atoms with Crippen molar-refractivity contribution < 1.29 is 9.53 Å². The predicted molar refractivity (Wildman–Crippen MR) is 80.2 cm³/mol. The number of nitrogens with zero attached hydrogens (tertiary/aromatic N) is 1. The number of carbonyl (C=O) groups is 1. The maximum absolute atomic E-state index is 12.4. The van der Waals surface area contributed by atoms with Gasteiger partial charge in [-0.2, -0.15) is 0 Å². The van der Waals surface area contributed by atoms with Crippen LogP contribution in [-0.2, 0) is 24.1 Å². The van der Waals surface area contributed by atoms with Gasteiger partial charge in [-0.15, -0.1) is 6.58 Å². The number of ether oxygens (including phenoxy) is 1. The first-order chi connectivity index (χ1) is 9.70. The third-order valence-corrected chi connectivity index (χ3v) is 3.96. The van der Waals surface area contributed by atoms with Crippen LogP contribution < -0.4 is 5.32 Å². The number of methoxy groups -OCH3 is 1. The van der Waals surface area contributed by atoms with E-state index in [1.165, 1.54) is 24.1 Å². The average molecular weight is 276 g/mol. The van der Waals surface area contributed by atoms with Gasteiger partial charge in [0.2, 0.25) is 0 Å². The van der Waals surface area contributed by atoms with Gasteiger partial charge < -0.3 is 14.6 Å². The molecule has 1 aliphatic carbocycles. The van der Waals surface area contributed by atoms with E-state index < -0.39 is 0 Å². The van der Waals surface area contributed by atoms with Crippen molar-refractivity contribution in [2.45, 2.75) is 39.2 Å². The number of hydrogen-bond acceptors (Lipinski definition) is 2. The molecular formula is C16H24N2O2. The topological polar surface area (TPSA) is 43.3 Å². The first-order valence-corrected chi connectivity index (χ1v) is 7.29. The molecule has 0 fully saturated rings. The highest BCUT2D eigenvalue weighted by atomic mass is 16.5. The normalized spacial score (nSPS) is 13.9. The Hall–Kier alpha value is -1.55. The zero-order chi connectivity index (χ0) is 14.5. The van der Waals surface area contributed by atoms with Crippen LogP contribution in [-0.4, -0.2) is 30.7 Å². The molecular weight excluding hydrogens is 252 g/mol. The second kappa shape index (κ2) is 6.75. The molecule has 0 spiro atoms. The summed E-state index contributed by atoms with van der Waals surface area (Å²) in [4.78, 5) is 12.4. The molecule has 1 N–H and O–H groups in total. The first-order valence-electron chi connectivity index (χ1n) is 7.29. The number of rotatable bonds is 6. The van der Waals surface area contributed by atoms with E-state index in [4.69, 9.17) is 4.74 Å². The number of amides is 1. The molecule has 1 amide bonds. The minimum Gasteiger partial charge on any atom is -0.383 e. The molecule has 0 radical (unpaired) electrons. The standard InChI is InChI=1S/C16H24N2O2/c1-4-10-18-14-8-6-5-7-13(14)12(2)15(18)16(19)17-9-11-20-3/h4H,1,5-11H2,2-3H3,(H,17,19). The summed E-state index contributed by atoms with van der Waals surface area (Å²) in [6.45, 7) is 7.65. The van der Waals surface area contributed by atoms with Gasteiger partial charge in [0.25, 0.3) is 5.91 Å². The van der Waals surface area contributed by atoms with Crippen LogP contribution in [0.2, 0.25) is 0 Å². The number of nitrogens with one attached hydrogen (secondary N) is 1. The van der Waals surface area contributed by atoms with Crippen LogP contribution in [0.1, 0.15) is 40.2 Å². The Morgan fingerprint density at radius 2 is 2.20 bits per heavy atom. The Morgan fingerprint density at radius 1 is 1.45 bits per heavy atom.